The van der Waals surface area contributed by atoms with Gasteiger partial charge in [-0.05, 0) is 38.9 Å². The SMILES string of the molecule is CCOC(=O)C1CCN(C(=O)c2ccc(CSc3nc(-c4ccccc4)cc(N4CCN(C)CC4)n3)o2)CC1. The van der Waals surface area contributed by atoms with Gasteiger partial charge < -0.3 is 23.9 Å². The van der Waals surface area contributed by atoms with Crippen molar-refractivity contribution in [2.24, 2.45) is 5.92 Å². The number of likely N-dealkylation sites (N-methyl/N-ethyl adjacent to an activating group) is 1. The number of rotatable bonds is 8. The van der Waals surface area contributed by atoms with Crippen molar-refractivity contribution in [3.8, 4) is 11.3 Å². The zero-order valence-corrected chi connectivity index (χ0v) is 23.4. The molecule has 2 aliphatic heterocycles. The summed E-state index contributed by atoms with van der Waals surface area (Å²) in [6, 6.07) is 15.8. The average Bonchev–Trinajstić information content (AvgIpc) is 3.46. The summed E-state index contributed by atoms with van der Waals surface area (Å²) in [4.78, 5) is 41.1. The molecule has 3 aromatic rings. The molecule has 2 aliphatic rings. The van der Waals surface area contributed by atoms with E-state index in [2.05, 4.69) is 35.0 Å². The normalized spacial score (nSPS) is 16.9. The molecule has 0 aliphatic carbocycles. The second kappa shape index (κ2) is 12.7. The first kappa shape index (κ1) is 27.2. The number of hydrogen-bond acceptors (Lipinski definition) is 9. The summed E-state index contributed by atoms with van der Waals surface area (Å²) in [5, 5.41) is 0.676. The molecule has 0 N–H and O–H groups in total. The molecule has 1 amide bonds. The van der Waals surface area contributed by atoms with E-state index in [1.165, 1.54) is 11.8 Å². The van der Waals surface area contributed by atoms with Crippen molar-refractivity contribution in [2.45, 2.75) is 30.7 Å². The van der Waals surface area contributed by atoms with E-state index in [9.17, 15) is 9.59 Å². The Balaban J connectivity index is 1.24. The Kier molecular flexibility index (Phi) is 8.83. The Morgan fingerprint density at radius 2 is 1.74 bits per heavy atom. The molecule has 2 fully saturated rings. The molecule has 0 spiro atoms. The van der Waals surface area contributed by atoms with Crippen molar-refractivity contribution in [2.75, 3.05) is 57.8 Å². The lowest BCUT2D eigenvalue weighted by Crippen LogP contribution is -2.44. The topological polar surface area (TPSA) is 92.0 Å². The molecular formula is C29H35N5O4S. The molecule has 1 aromatic carbocycles. The van der Waals surface area contributed by atoms with E-state index in [1.807, 2.05) is 31.2 Å². The maximum atomic E-state index is 13.0. The lowest BCUT2D eigenvalue weighted by atomic mass is 9.97. The van der Waals surface area contributed by atoms with Gasteiger partial charge in [0.05, 0.1) is 24.0 Å². The van der Waals surface area contributed by atoms with E-state index in [0.717, 1.165) is 43.3 Å². The molecule has 39 heavy (non-hydrogen) atoms. The minimum Gasteiger partial charge on any atom is -0.466 e. The highest BCUT2D eigenvalue weighted by Crippen LogP contribution is 2.29. The van der Waals surface area contributed by atoms with Crippen LogP contribution in [0.15, 0.2) is 58.1 Å². The van der Waals surface area contributed by atoms with E-state index in [4.69, 9.17) is 19.1 Å². The summed E-state index contributed by atoms with van der Waals surface area (Å²) in [6.45, 7) is 7.06. The standard InChI is InChI=1S/C29H35N5O4S/c1-3-37-28(36)22-11-13-34(14-12-22)27(35)25-10-9-23(38-25)20-39-29-30-24(21-7-5-4-6-8-21)19-26(31-29)33-17-15-32(2)16-18-33/h4-10,19,22H,3,11-18,20H2,1-2H3. The first-order chi connectivity index (χ1) is 19.0. The maximum Gasteiger partial charge on any atom is 0.309 e. The van der Waals surface area contributed by atoms with Gasteiger partial charge in [-0.2, -0.15) is 0 Å². The Morgan fingerprint density at radius 1 is 1.00 bits per heavy atom. The van der Waals surface area contributed by atoms with Gasteiger partial charge in [-0.15, -0.1) is 0 Å². The first-order valence-electron chi connectivity index (χ1n) is 13.6. The third kappa shape index (κ3) is 6.80. The molecule has 2 saturated heterocycles. The van der Waals surface area contributed by atoms with E-state index < -0.39 is 0 Å². The Morgan fingerprint density at radius 3 is 2.46 bits per heavy atom. The minimum atomic E-state index is -0.170. The second-order valence-corrected chi connectivity index (χ2v) is 10.9. The highest BCUT2D eigenvalue weighted by molar-refractivity contribution is 7.98. The van der Waals surface area contributed by atoms with Crippen LogP contribution < -0.4 is 4.90 Å². The number of thioether (sulfide) groups is 1. The number of nitrogens with zero attached hydrogens (tertiary/aromatic N) is 5. The van der Waals surface area contributed by atoms with Crippen molar-refractivity contribution in [3.63, 3.8) is 0 Å². The van der Waals surface area contributed by atoms with Crippen molar-refractivity contribution in [1.82, 2.24) is 19.8 Å². The highest BCUT2D eigenvalue weighted by atomic mass is 32.2. The third-order valence-corrected chi connectivity index (χ3v) is 8.08. The molecule has 0 saturated carbocycles. The van der Waals surface area contributed by atoms with E-state index in [0.29, 0.717) is 55.0 Å². The number of carbonyl (C=O) groups is 2. The third-order valence-electron chi connectivity index (χ3n) is 7.21. The van der Waals surface area contributed by atoms with Crippen LogP contribution in [0, 0.1) is 5.92 Å². The molecule has 0 bridgehead atoms. The van der Waals surface area contributed by atoms with Gasteiger partial charge in [0.15, 0.2) is 10.9 Å². The summed E-state index contributed by atoms with van der Waals surface area (Å²) in [7, 11) is 2.14. The van der Waals surface area contributed by atoms with Gasteiger partial charge >= 0.3 is 5.97 Å². The summed E-state index contributed by atoms with van der Waals surface area (Å²) in [6.07, 6.45) is 1.22. The molecule has 0 atom stereocenters. The maximum absolute atomic E-state index is 13.0. The van der Waals surface area contributed by atoms with Crippen molar-refractivity contribution in [1.29, 1.82) is 0 Å². The molecule has 5 rings (SSSR count). The predicted octanol–water partition coefficient (Wildman–Crippen LogP) is 4.20. The molecule has 4 heterocycles. The highest BCUT2D eigenvalue weighted by Gasteiger charge is 2.29. The van der Waals surface area contributed by atoms with Crippen LogP contribution in [0.25, 0.3) is 11.3 Å². The predicted molar refractivity (Wildman–Crippen MR) is 151 cm³/mol. The lowest BCUT2D eigenvalue weighted by molar-refractivity contribution is -0.149. The van der Waals surface area contributed by atoms with Crippen LogP contribution in [0.1, 0.15) is 36.1 Å². The van der Waals surface area contributed by atoms with Gasteiger partial charge in [0, 0.05) is 50.9 Å². The van der Waals surface area contributed by atoms with Crippen LogP contribution in [-0.2, 0) is 15.3 Å². The zero-order valence-electron chi connectivity index (χ0n) is 22.5. The smallest absolute Gasteiger partial charge is 0.309 e. The van der Waals surface area contributed by atoms with Crippen molar-refractivity contribution in [3.05, 3.63) is 60.1 Å². The van der Waals surface area contributed by atoms with Crippen LogP contribution >= 0.6 is 11.8 Å². The fourth-order valence-electron chi connectivity index (χ4n) is 4.87. The van der Waals surface area contributed by atoms with Gasteiger partial charge in [-0.25, -0.2) is 9.97 Å². The molecule has 206 valence electrons. The Labute approximate surface area is 233 Å². The number of benzene rings is 1. The largest absolute Gasteiger partial charge is 0.466 e. The van der Waals surface area contributed by atoms with Crippen LogP contribution in [0.5, 0.6) is 0 Å². The summed E-state index contributed by atoms with van der Waals surface area (Å²) < 4.78 is 11.1. The number of amides is 1. The van der Waals surface area contributed by atoms with Crippen LogP contribution in [0.4, 0.5) is 5.82 Å². The lowest BCUT2D eigenvalue weighted by Gasteiger charge is -2.33. The van der Waals surface area contributed by atoms with E-state index in [1.54, 1.807) is 11.0 Å². The Hall–Kier alpha value is -3.37. The number of anilines is 1. The number of likely N-dealkylation sites (tertiary alicyclic amines) is 1. The number of hydrogen-bond donors (Lipinski definition) is 0. The number of aromatic nitrogens is 2. The van der Waals surface area contributed by atoms with Gasteiger partial charge in [0.25, 0.3) is 5.91 Å². The quantitative estimate of drug-likeness (QED) is 0.233. The van der Waals surface area contributed by atoms with Gasteiger partial charge in [0.2, 0.25) is 0 Å². The molecule has 2 aromatic heterocycles. The average molecular weight is 550 g/mol. The molecular weight excluding hydrogens is 514 g/mol. The van der Waals surface area contributed by atoms with E-state index in [-0.39, 0.29) is 17.8 Å². The van der Waals surface area contributed by atoms with Crippen molar-refractivity contribution < 1.29 is 18.7 Å². The van der Waals surface area contributed by atoms with Crippen LogP contribution in [0.3, 0.4) is 0 Å². The van der Waals surface area contributed by atoms with E-state index >= 15 is 0 Å². The minimum absolute atomic E-state index is 0.139. The number of piperidine rings is 1. The molecule has 9 nitrogen and oxygen atoms in total. The number of carbonyl (C=O) groups excluding carboxylic acids is 2. The molecule has 10 heteroatoms. The molecule has 0 radical (unpaired) electrons. The number of ether oxygens (including phenoxy) is 1. The van der Waals surface area contributed by atoms with Crippen LogP contribution in [0.2, 0.25) is 0 Å². The molecule has 0 unspecified atom stereocenters. The fourth-order valence-corrected chi connectivity index (χ4v) is 5.62. The van der Waals surface area contributed by atoms with Crippen molar-refractivity contribution >= 4 is 29.5 Å². The number of furan rings is 1. The van der Waals surface area contributed by atoms with Crippen LogP contribution in [-0.4, -0.2) is 84.6 Å². The van der Waals surface area contributed by atoms with Gasteiger partial charge in [-0.3, -0.25) is 9.59 Å². The Bertz CT molecular complexity index is 1270. The first-order valence-corrected chi connectivity index (χ1v) is 14.5. The summed E-state index contributed by atoms with van der Waals surface area (Å²) in [5.41, 5.74) is 1.94. The summed E-state index contributed by atoms with van der Waals surface area (Å²) in [5.74, 6) is 2.00. The number of piperazine rings is 1. The monoisotopic (exact) mass is 549 g/mol. The second-order valence-electron chi connectivity index (χ2n) is 9.92. The number of esters is 1. The fraction of sp³-hybridized carbons (Fsp3) is 0.448. The zero-order chi connectivity index (χ0) is 27.2. The summed E-state index contributed by atoms with van der Waals surface area (Å²) >= 11 is 1.50. The van der Waals surface area contributed by atoms with Gasteiger partial charge in [0.1, 0.15) is 11.6 Å². The van der Waals surface area contributed by atoms with Gasteiger partial charge in [-0.1, -0.05) is 42.1 Å².